The van der Waals surface area contributed by atoms with Gasteiger partial charge in [0.05, 0.1) is 6.04 Å². The molecule has 0 bridgehead atoms. The van der Waals surface area contributed by atoms with Gasteiger partial charge >= 0.3 is 0 Å². The highest BCUT2D eigenvalue weighted by Gasteiger charge is 2.11. The first-order valence-electron chi connectivity index (χ1n) is 5.41. The van der Waals surface area contributed by atoms with Crippen molar-refractivity contribution in [3.8, 4) is 0 Å². The van der Waals surface area contributed by atoms with Crippen molar-refractivity contribution in [1.29, 1.82) is 0 Å². The van der Waals surface area contributed by atoms with E-state index in [1.54, 1.807) is 0 Å². The van der Waals surface area contributed by atoms with Crippen molar-refractivity contribution in [3.05, 3.63) is 34.3 Å². The quantitative estimate of drug-likeness (QED) is 0.876. The highest BCUT2D eigenvalue weighted by atomic mass is 79.9. The Hall–Kier alpha value is -0.580. The summed E-state index contributed by atoms with van der Waals surface area (Å²) in [6, 6.07) is 7.45. The van der Waals surface area contributed by atoms with E-state index in [1.165, 1.54) is 0 Å². The molecule has 1 aromatic rings. The molecule has 0 saturated heterocycles. The van der Waals surface area contributed by atoms with Gasteiger partial charge in [-0.3, -0.25) is 4.79 Å². The lowest BCUT2D eigenvalue weighted by Crippen LogP contribution is -2.40. The third kappa shape index (κ3) is 6.05. The van der Waals surface area contributed by atoms with Crippen molar-refractivity contribution in [2.24, 2.45) is 5.73 Å². The van der Waals surface area contributed by atoms with Gasteiger partial charge in [-0.15, -0.1) is 12.4 Å². The topological polar surface area (TPSA) is 55.1 Å². The van der Waals surface area contributed by atoms with Crippen LogP contribution >= 0.6 is 28.3 Å². The van der Waals surface area contributed by atoms with E-state index in [-0.39, 0.29) is 18.3 Å². The second-order valence-electron chi connectivity index (χ2n) is 3.74. The standard InChI is InChI=1S/C12H17BrN2O.ClH/c1-2-4-11(14)12(16)15-8-9-5-3-6-10(13)7-9;/h3,5-7,11H,2,4,8,14H2,1H3,(H,15,16);1H. The Balaban J connectivity index is 0.00000256. The minimum Gasteiger partial charge on any atom is -0.351 e. The molecule has 0 radical (unpaired) electrons. The lowest BCUT2D eigenvalue weighted by atomic mass is 10.1. The normalized spacial score (nSPS) is 11.5. The summed E-state index contributed by atoms with van der Waals surface area (Å²) in [5, 5.41) is 2.83. The number of amides is 1. The largest absolute Gasteiger partial charge is 0.351 e. The summed E-state index contributed by atoms with van der Waals surface area (Å²) in [5.41, 5.74) is 6.76. The fraction of sp³-hybridized carbons (Fsp3) is 0.417. The SMILES string of the molecule is CCCC(N)C(=O)NCc1cccc(Br)c1.Cl. The molecule has 0 fully saturated rings. The maximum absolute atomic E-state index is 11.5. The Kier molecular flexibility index (Phi) is 8.21. The van der Waals surface area contributed by atoms with E-state index in [0.717, 1.165) is 22.9 Å². The lowest BCUT2D eigenvalue weighted by Gasteiger charge is -2.11. The van der Waals surface area contributed by atoms with Gasteiger partial charge in [0.2, 0.25) is 5.91 Å². The number of nitrogens with two attached hydrogens (primary N) is 1. The molecule has 0 saturated carbocycles. The summed E-state index contributed by atoms with van der Waals surface area (Å²) in [6.45, 7) is 2.54. The predicted octanol–water partition coefficient (Wildman–Crippen LogP) is 2.61. The maximum Gasteiger partial charge on any atom is 0.237 e. The van der Waals surface area contributed by atoms with Crippen molar-refractivity contribution in [2.75, 3.05) is 0 Å². The molecular formula is C12H18BrClN2O. The predicted molar refractivity (Wildman–Crippen MR) is 76.1 cm³/mol. The molecule has 3 nitrogen and oxygen atoms in total. The summed E-state index contributed by atoms with van der Waals surface area (Å²) < 4.78 is 1.01. The average molecular weight is 322 g/mol. The van der Waals surface area contributed by atoms with Crippen LogP contribution in [0.15, 0.2) is 28.7 Å². The second-order valence-corrected chi connectivity index (χ2v) is 4.66. The third-order valence-electron chi connectivity index (χ3n) is 2.29. The van der Waals surface area contributed by atoms with Gasteiger partial charge in [-0.1, -0.05) is 41.4 Å². The van der Waals surface area contributed by atoms with Crippen LogP contribution in [0.3, 0.4) is 0 Å². The number of hydrogen-bond acceptors (Lipinski definition) is 2. The van der Waals surface area contributed by atoms with E-state index in [1.807, 2.05) is 31.2 Å². The fourth-order valence-electron chi connectivity index (χ4n) is 1.41. The van der Waals surface area contributed by atoms with Gasteiger partial charge in [-0.25, -0.2) is 0 Å². The van der Waals surface area contributed by atoms with Crippen molar-refractivity contribution in [2.45, 2.75) is 32.4 Å². The van der Waals surface area contributed by atoms with Gasteiger partial charge in [-0.05, 0) is 24.1 Å². The molecule has 1 unspecified atom stereocenters. The molecule has 0 aliphatic carbocycles. The van der Waals surface area contributed by atoms with E-state index in [4.69, 9.17) is 5.73 Å². The van der Waals surface area contributed by atoms with Crippen LogP contribution in [-0.2, 0) is 11.3 Å². The molecule has 17 heavy (non-hydrogen) atoms. The fourth-order valence-corrected chi connectivity index (χ4v) is 1.86. The number of halogens is 2. The van der Waals surface area contributed by atoms with Gasteiger partial charge in [0.25, 0.3) is 0 Å². The molecule has 0 aliphatic heterocycles. The Bertz CT molecular complexity index is 360. The van der Waals surface area contributed by atoms with E-state index in [2.05, 4.69) is 21.2 Å². The molecule has 0 spiro atoms. The third-order valence-corrected chi connectivity index (χ3v) is 2.79. The second kappa shape index (κ2) is 8.50. The van der Waals surface area contributed by atoms with E-state index in [9.17, 15) is 4.79 Å². The van der Waals surface area contributed by atoms with Crippen molar-refractivity contribution in [1.82, 2.24) is 5.32 Å². The Morgan fingerprint density at radius 1 is 1.53 bits per heavy atom. The number of hydrogen-bond donors (Lipinski definition) is 2. The molecular weight excluding hydrogens is 304 g/mol. The molecule has 0 heterocycles. The maximum atomic E-state index is 11.5. The molecule has 96 valence electrons. The molecule has 3 N–H and O–H groups in total. The number of carbonyl (C=O) groups is 1. The number of nitrogens with one attached hydrogen (secondary N) is 1. The number of carbonyl (C=O) groups excluding carboxylic acids is 1. The monoisotopic (exact) mass is 320 g/mol. The van der Waals surface area contributed by atoms with Crippen molar-refractivity contribution in [3.63, 3.8) is 0 Å². The molecule has 1 rings (SSSR count). The zero-order valence-electron chi connectivity index (χ0n) is 9.78. The first kappa shape index (κ1) is 16.4. The van der Waals surface area contributed by atoms with Gasteiger partial charge in [-0.2, -0.15) is 0 Å². The highest BCUT2D eigenvalue weighted by molar-refractivity contribution is 9.10. The zero-order valence-corrected chi connectivity index (χ0v) is 12.2. The van der Waals surface area contributed by atoms with Crippen LogP contribution in [0.2, 0.25) is 0 Å². The minimum absolute atomic E-state index is 0. The molecule has 0 aromatic heterocycles. The van der Waals surface area contributed by atoms with Crippen LogP contribution in [0.25, 0.3) is 0 Å². The Labute approximate surface area is 117 Å². The molecule has 0 aliphatic rings. The molecule has 5 heteroatoms. The van der Waals surface area contributed by atoms with Crippen LogP contribution in [-0.4, -0.2) is 11.9 Å². The smallest absolute Gasteiger partial charge is 0.237 e. The van der Waals surface area contributed by atoms with Gasteiger partial charge in [0.1, 0.15) is 0 Å². The minimum atomic E-state index is -0.392. The van der Waals surface area contributed by atoms with E-state index >= 15 is 0 Å². The van der Waals surface area contributed by atoms with E-state index < -0.39 is 6.04 Å². The first-order chi connectivity index (χ1) is 7.63. The number of benzene rings is 1. The molecule has 1 atom stereocenters. The van der Waals surface area contributed by atoms with Crippen LogP contribution in [0.5, 0.6) is 0 Å². The van der Waals surface area contributed by atoms with Crippen molar-refractivity contribution < 1.29 is 4.79 Å². The summed E-state index contributed by atoms with van der Waals surface area (Å²) in [7, 11) is 0. The summed E-state index contributed by atoms with van der Waals surface area (Å²) in [5.74, 6) is -0.0816. The van der Waals surface area contributed by atoms with Gasteiger partial charge in [0.15, 0.2) is 0 Å². The zero-order chi connectivity index (χ0) is 12.0. The Morgan fingerprint density at radius 3 is 2.82 bits per heavy atom. The molecule has 1 aromatic carbocycles. The van der Waals surface area contributed by atoms with Crippen LogP contribution in [0.4, 0.5) is 0 Å². The first-order valence-corrected chi connectivity index (χ1v) is 6.20. The summed E-state index contributed by atoms with van der Waals surface area (Å²) >= 11 is 3.39. The Morgan fingerprint density at radius 2 is 2.24 bits per heavy atom. The van der Waals surface area contributed by atoms with Crippen molar-refractivity contribution >= 4 is 34.2 Å². The lowest BCUT2D eigenvalue weighted by molar-refractivity contribution is -0.122. The number of rotatable bonds is 5. The van der Waals surface area contributed by atoms with Gasteiger partial charge < -0.3 is 11.1 Å². The van der Waals surface area contributed by atoms with Gasteiger partial charge in [0, 0.05) is 11.0 Å². The average Bonchev–Trinajstić information content (AvgIpc) is 2.26. The van der Waals surface area contributed by atoms with Crippen LogP contribution in [0, 0.1) is 0 Å². The highest BCUT2D eigenvalue weighted by Crippen LogP contribution is 2.11. The summed E-state index contributed by atoms with van der Waals surface area (Å²) in [6.07, 6.45) is 1.65. The van der Waals surface area contributed by atoms with Crippen LogP contribution < -0.4 is 11.1 Å². The van der Waals surface area contributed by atoms with Crippen LogP contribution in [0.1, 0.15) is 25.3 Å². The van der Waals surface area contributed by atoms with E-state index in [0.29, 0.717) is 6.54 Å². The summed E-state index contributed by atoms with van der Waals surface area (Å²) in [4.78, 5) is 11.5. The molecule has 1 amide bonds.